The molecule has 0 saturated heterocycles. The Kier molecular flexibility index (Phi) is 5.21. The lowest BCUT2D eigenvalue weighted by molar-refractivity contribution is -0.123. The Balaban J connectivity index is 1.87. The quantitative estimate of drug-likeness (QED) is 0.762. The molecule has 1 amide bonds. The fourth-order valence-electron chi connectivity index (χ4n) is 2.41. The van der Waals surface area contributed by atoms with Crippen LogP contribution in [-0.2, 0) is 17.6 Å². The molecule has 4 heteroatoms. The highest BCUT2D eigenvalue weighted by Crippen LogP contribution is 2.29. The molecule has 0 atom stereocenters. The number of aryl methyl sites for hydroxylation is 1. The average Bonchev–Trinajstić information content (AvgIpc) is 2.45. The monoisotopic (exact) mass is 262 g/mol. The Morgan fingerprint density at radius 1 is 1.32 bits per heavy atom. The Morgan fingerprint density at radius 2 is 2.16 bits per heavy atom. The van der Waals surface area contributed by atoms with Crippen molar-refractivity contribution in [3.05, 3.63) is 29.3 Å². The van der Waals surface area contributed by atoms with Gasteiger partial charge in [0.15, 0.2) is 6.61 Å². The molecule has 4 nitrogen and oxygen atoms in total. The highest BCUT2D eigenvalue weighted by atomic mass is 16.5. The number of fused-ring (bicyclic) bond motifs is 1. The van der Waals surface area contributed by atoms with Crippen LogP contribution in [0, 0.1) is 0 Å². The molecule has 19 heavy (non-hydrogen) atoms. The SMILES string of the molecule is NCCCNC(=O)COc1cccc2c1CCCC2. The predicted molar refractivity (Wildman–Crippen MR) is 75.3 cm³/mol. The summed E-state index contributed by atoms with van der Waals surface area (Å²) in [6, 6.07) is 6.12. The summed E-state index contributed by atoms with van der Waals surface area (Å²) in [7, 11) is 0. The van der Waals surface area contributed by atoms with Crippen LogP contribution in [0.25, 0.3) is 0 Å². The molecule has 104 valence electrons. The summed E-state index contributed by atoms with van der Waals surface area (Å²) < 4.78 is 5.65. The molecule has 0 spiro atoms. The van der Waals surface area contributed by atoms with Gasteiger partial charge in [-0.3, -0.25) is 4.79 Å². The molecule has 0 unspecified atom stereocenters. The second kappa shape index (κ2) is 7.14. The zero-order chi connectivity index (χ0) is 13.5. The van der Waals surface area contributed by atoms with Crippen LogP contribution in [0.5, 0.6) is 5.75 Å². The van der Waals surface area contributed by atoms with Gasteiger partial charge in [0.1, 0.15) is 5.75 Å². The number of amides is 1. The van der Waals surface area contributed by atoms with Gasteiger partial charge < -0.3 is 15.8 Å². The van der Waals surface area contributed by atoms with Crippen molar-refractivity contribution >= 4 is 5.91 Å². The Bertz CT molecular complexity index is 432. The van der Waals surface area contributed by atoms with E-state index in [1.165, 1.54) is 24.0 Å². The summed E-state index contributed by atoms with van der Waals surface area (Å²) >= 11 is 0. The third-order valence-corrected chi connectivity index (χ3v) is 3.41. The molecule has 2 rings (SSSR count). The van der Waals surface area contributed by atoms with Gasteiger partial charge in [-0.25, -0.2) is 0 Å². The average molecular weight is 262 g/mol. The first kappa shape index (κ1) is 13.9. The minimum atomic E-state index is -0.0816. The topological polar surface area (TPSA) is 64.3 Å². The van der Waals surface area contributed by atoms with Crippen LogP contribution >= 0.6 is 0 Å². The fraction of sp³-hybridized carbons (Fsp3) is 0.533. The molecule has 1 aromatic rings. The summed E-state index contributed by atoms with van der Waals surface area (Å²) in [6.07, 6.45) is 5.42. The maximum absolute atomic E-state index is 11.6. The van der Waals surface area contributed by atoms with E-state index in [0.717, 1.165) is 25.0 Å². The summed E-state index contributed by atoms with van der Waals surface area (Å²) in [5, 5.41) is 2.79. The summed E-state index contributed by atoms with van der Waals surface area (Å²) in [5.41, 5.74) is 8.02. The molecule has 0 aliphatic heterocycles. The van der Waals surface area contributed by atoms with E-state index in [1.807, 2.05) is 12.1 Å². The van der Waals surface area contributed by atoms with Crippen molar-refractivity contribution in [3.63, 3.8) is 0 Å². The normalized spacial score (nSPS) is 13.7. The molecular weight excluding hydrogens is 240 g/mol. The number of nitrogens with one attached hydrogen (secondary N) is 1. The molecule has 1 aromatic carbocycles. The van der Waals surface area contributed by atoms with E-state index >= 15 is 0 Å². The Morgan fingerprint density at radius 3 is 3.00 bits per heavy atom. The van der Waals surface area contributed by atoms with Gasteiger partial charge >= 0.3 is 0 Å². The number of hydrogen-bond acceptors (Lipinski definition) is 3. The lowest BCUT2D eigenvalue weighted by Crippen LogP contribution is -2.30. The molecule has 0 fully saturated rings. The van der Waals surface area contributed by atoms with Gasteiger partial charge in [0.25, 0.3) is 5.91 Å². The zero-order valence-corrected chi connectivity index (χ0v) is 11.3. The maximum Gasteiger partial charge on any atom is 0.257 e. The minimum absolute atomic E-state index is 0.0816. The third-order valence-electron chi connectivity index (χ3n) is 3.41. The van der Waals surface area contributed by atoms with Crippen LogP contribution in [0.15, 0.2) is 18.2 Å². The van der Waals surface area contributed by atoms with Gasteiger partial charge in [0, 0.05) is 6.54 Å². The first-order chi connectivity index (χ1) is 9.31. The van der Waals surface area contributed by atoms with E-state index in [4.69, 9.17) is 10.5 Å². The lowest BCUT2D eigenvalue weighted by atomic mass is 9.91. The molecule has 0 radical (unpaired) electrons. The van der Waals surface area contributed by atoms with Crippen LogP contribution in [0.4, 0.5) is 0 Å². The smallest absolute Gasteiger partial charge is 0.257 e. The lowest BCUT2D eigenvalue weighted by Gasteiger charge is -2.19. The number of rotatable bonds is 6. The van der Waals surface area contributed by atoms with Crippen molar-refractivity contribution in [2.45, 2.75) is 32.1 Å². The first-order valence-corrected chi connectivity index (χ1v) is 7.01. The fourth-order valence-corrected chi connectivity index (χ4v) is 2.41. The third kappa shape index (κ3) is 3.96. The molecular formula is C15H22N2O2. The Labute approximate surface area is 114 Å². The van der Waals surface area contributed by atoms with Crippen LogP contribution in [-0.4, -0.2) is 25.6 Å². The molecule has 0 heterocycles. The van der Waals surface area contributed by atoms with E-state index in [0.29, 0.717) is 13.1 Å². The van der Waals surface area contributed by atoms with Crippen molar-refractivity contribution in [1.82, 2.24) is 5.32 Å². The molecule has 0 aromatic heterocycles. The van der Waals surface area contributed by atoms with Crippen molar-refractivity contribution in [3.8, 4) is 5.75 Å². The van der Waals surface area contributed by atoms with Crippen LogP contribution in [0.2, 0.25) is 0 Å². The summed E-state index contributed by atoms with van der Waals surface area (Å²) in [5.74, 6) is 0.785. The molecule has 0 saturated carbocycles. The number of ether oxygens (including phenoxy) is 1. The predicted octanol–water partition coefficient (Wildman–Crippen LogP) is 1.41. The zero-order valence-electron chi connectivity index (χ0n) is 11.3. The summed E-state index contributed by atoms with van der Waals surface area (Å²) in [4.78, 5) is 11.6. The van der Waals surface area contributed by atoms with Crippen LogP contribution in [0.1, 0.15) is 30.4 Å². The summed E-state index contributed by atoms with van der Waals surface area (Å²) in [6.45, 7) is 1.29. The van der Waals surface area contributed by atoms with Crippen molar-refractivity contribution in [2.24, 2.45) is 5.73 Å². The second-order valence-corrected chi connectivity index (χ2v) is 4.88. The van der Waals surface area contributed by atoms with Crippen LogP contribution in [0.3, 0.4) is 0 Å². The van der Waals surface area contributed by atoms with E-state index < -0.39 is 0 Å². The molecule has 0 bridgehead atoms. The van der Waals surface area contributed by atoms with Gasteiger partial charge in [-0.15, -0.1) is 0 Å². The standard InChI is InChI=1S/C15H22N2O2/c16-9-4-10-17-15(18)11-19-14-8-3-6-12-5-1-2-7-13(12)14/h3,6,8H,1-2,4-5,7,9-11,16H2,(H,17,18). The van der Waals surface area contributed by atoms with Crippen molar-refractivity contribution < 1.29 is 9.53 Å². The van der Waals surface area contributed by atoms with Crippen LogP contribution < -0.4 is 15.8 Å². The van der Waals surface area contributed by atoms with E-state index in [2.05, 4.69) is 11.4 Å². The number of carbonyl (C=O) groups is 1. The molecule has 3 N–H and O–H groups in total. The molecule has 1 aliphatic rings. The van der Waals surface area contributed by atoms with E-state index in [-0.39, 0.29) is 12.5 Å². The van der Waals surface area contributed by atoms with E-state index in [1.54, 1.807) is 0 Å². The maximum atomic E-state index is 11.6. The largest absolute Gasteiger partial charge is 0.483 e. The van der Waals surface area contributed by atoms with Crippen molar-refractivity contribution in [2.75, 3.05) is 19.7 Å². The second-order valence-electron chi connectivity index (χ2n) is 4.88. The minimum Gasteiger partial charge on any atom is -0.483 e. The molecule has 1 aliphatic carbocycles. The van der Waals surface area contributed by atoms with Crippen molar-refractivity contribution in [1.29, 1.82) is 0 Å². The Hall–Kier alpha value is -1.55. The highest BCUT2D eigenvalue weighted by molar-refractivity contribution is 5.77. The van der Waals surface area contributed by atoms with Gasteiger partial charge in [-0.2, -0.15) is 0 Å². The van der Waals surface area contributed by atoms with Gasteiger partial charge in [0.05, 0.1) is 0 Å². The van der Waals surface area contributed by atoms with E-state index in [9.17, 15) is 4.79 Å². The van der Waals surface area contributed by atoms with Gasteiger partial charge in [-0.1, -0.05) is 12.1 Å². The number of carbonyl (C=O) groups excluding carboxylic acids is 1. The number of benzene rings is 1. The van der Waals surface area contributed by atoms with Gasteiger partial charge in [-0.05, 0) is 55.8 Å². The van der Waals surface area contributed by atoms with Gasteiger partial charge in [0.2, 0.25) is 0 Å². The number of hydrogen-bond donors (Lipinski definition) is 2. The highest BCUT2D eigenvalue weighted by Gasteiger charge is 2.14. The first-order valence-electron chi connectivity index (χ1n) is 7.01. The number of nitrogens with two attached hydrogens (primary N) is 1.